The number of thioether (sulfide) groups is 1. The molecular formula is C32H44FN5O3S. The average Bonchev–Trinajstić information content (AvgIpc) is 3.65. The molecule has 0 bridgehead atoms. The van der Waals surface area contributed by atoms with Gasteiger partial charge in [-0.2, -0.15) is 5.10 Å². The van der Waals surface area contributed by atoms with E-state index < -0.39 is 5.79 Å². The van der Waals surface area contributed by atoms with E-state index in [1.165, 1.54) is 18.4 Å². The van der Waals surface area contributed by atoms with Gasteiger partial charge in [0.05, 0.1) is 23.4 Å². The first kappa shape index (κ1) is 30.0. The zero-order chi connectivity index (χ0) is 29.5. The molecule has 1 aromatic carbocycles. The molecule has 8 nitrogen and oxygen atoms in total. The number of benzene rings is 1. The van der Waals surface area contributed by atoms with Gasteiger partial charge in [-0.25, -0.2) is 13.9 Å². The summed E-state index contributed by atoms with van der Waals surface area (Å²) in [6, 6.07) is 11.1. The maximum atomic E-state index is 13.3. The van der Waals surface area contributed by atoms with Crippen molar-refractivity contribution in [1.82, 2.24) is 24.4 Å². The third kappa shape index (κ3) is 6.12. The zero-order valence-corrected chi connectivity index (χ0v) is 26.0. The Labute approximate surface area is 252 Å². The molecule has 1 N–H and O–H groups in total. The smallest absolute Gasteiger partial charge is 0.160 e. The van der Waals surface area contributed by atoms with Gasteiger partial charge < -0.3 is 19.5 Å². The molecule has 0 radical (unpaired) electrons. The summed E-state index contributed by atoms with van der Waals surface area (Å²) in [5.41, 5.74) is 3.33. The number of ether oxygens (including phenoxy) is 2. The fourth-order valence-electron chi connectivity index (χ4n) is 7.40. The van der Waals surface area contributed by atoms with Crippen LogP contribution in [0.5, 0.6) is 0 Å². The zero-order valence-electron chi connectivity index (χ0n) is 25.2. The molecule has 2 aromatic heterocycles. The van der Waals surface area contributed by atoms with Gasteiger partial charge in [0, 0.05) is 24.5 Å². The highest BCUT2D eigenvalue weighted by atomic mass is 32.2. The summed E-state index contributed by atoms with van der Waals surface area (Å²) in [5, 5.41) is 16.2. The first-order valence-corrected chi connectivity index (χ1v) is 16.5. The van der Waals surface area contributed by atoms with E-state index >= 15 is 0 Å². The van der Waals surface area contributed by atoms with E-state index in [9.17, 15) is 9.50 Å². The second kappa shape index (κ2) is 12.1. The van der Waals surface area contributed by atoms with Crippen LogP contribution in [0, 0.1) is 11.7 Å². The number of piperidine rings is 1. The molecule has 10 heteroatoms. The molecule has 3 fully saturated rings. The highest BCUT2D eigenvalue weighted by molar-refractivity contribution is 7.98. The van der Waals surface area contributed by atoms with Crippen LogP contribution in [0.1, 0.15) is 63.8 Å². The number of aliphatic hydroxyl groups is 1. The highest BCUT2D eigenvalue weighted by Crippen LogP contribution is 2.45. The van der Waals surface area contributed by atoms with E-state index in [0.717, 1.165) is 68.2 Å². The number of halogens is 1. The number of hydrogen-bond acceptors (Lipinski definition) is 8. The summed E-state index contributed by atoms with van der Waals surface area (Å²) in [7, 11) is 0. The van der Waals surface area contributed by atoms with E-state index in [4.69, 9.17) is 9.47 Å². The van der Waals surface area contributed by atoms with E-state index in [1.807, 2.05) is 22.9 Å². The lowest BCUT2D eigenvalue weighted by Crippen LogP contribution is -2.55. The molecule has 0 amide bonds. The molecule has 4 atom stereocenters. The summed E-state index contributed by atoms with van der Waals surface area (Å²) in [6.07, 6.45) is 8.61. The van der Waals surface area contributed by atoms with E-state index in [2.05, 4.69) is 38.9 Å². The molecular weight excluding hydrogens is 553 g/mol. The van der Waals surface area contributed by atoms with Crippen molar-refractivity contribution in [1.29, 1.82) is 0 Å². The van der Waals surface area contributed by atoms with Crippen molar-refractivity contribution >= 4 is 17.3 Å². The second-order valence-electron chi connectivity index (χ2n) is 12.8. The minimum atomic E-state index is -1.26. The summed E-state index contributed by atoms with van der Waals surface area (Å²) in [6.45, 7) is 10.5. The lowest BCUT2D eigenvalue weighted by Gasteiger charge is -2.46. The number of hydrogen-bond donors (Lipinski definition) is 1. The van der Waals surface area contributed by atoms with Crippen molar-refractivity contribution in [3.63, 3.8) is 0 Å². The molecule has 3 aliphatic heterocycles. The predicted octanol–water partition coefficient (Wildman–Crippen LogP) is 4.95. The van der Waals surface area contributed by atoms with Gasteiger partial charge in [0.2, 0.25) is 0 Å². The van der Waals surface area contributed by atoms with Crippen LogP contribution in [0.25, 0.3) is 5.52 Å². The Kier molecular flexibility index (Phi) is 8.66. The average molecular weight is 598 g/mol. The molecule has 0 aliphatic carbocycles. The maximum absolute atomic E-state index is 13.3. The van der Waals surface area contributed by atoms with Crippen LogP contribution in [0.15, 0.2) is 47.8 Å². The maximum Gasteiger partial charge on any atom is 0.160 e. The summed E-state index contributed by atoms with van der Waals surface area (Å²) >= 11 is 1.61. The van der Waals surface area contributed by atoms with Gasteiger partial charge in [0.15, 0.2) is 5.79 Å². The number of aromatic nitrogens is 3. The standard InChI is InChI=1S/C32H44FN5O3S/c1-22-28(25-10-11-26-30(42-4)34-21-35-38(25)26)40-27(29(22)41-31(2,3)39)20-37-16-5-13-32(37)14-18-36(19-15-32)17-12-23-6-8-24(33)9-7-23/h6-11,21-22,27-29,39H,5,12-20H2,1-4H3/t22-,27+,28+,29-/m0/s1. The van der Waals surface area contributed by atoms with Crippen LogP contribution in [0.4, 0.5) is 4.39 Å². The van der Waals surface area contributed by atoms with Gasteiger partial charge in [-0.3, -0.25) is 4.90 Å². The molecule has 228 valence electrons. The Morgan fingerprint density at radius 1 is 1.12 bits per heavy atom. The molecule has 5 heterocycles. The van der Waals surface area contributed by atoms with Crippen LogP contribution in [-0.4, -0.2) is 92.0 Å². The molecule has 3 aromatic rings. The lowest BCUT2D eigenvalue weighted by atomic mass is 9.84. The highest BCUT2D eigenvalue weighted by Gasteiger charge is 2.50. The normalized spacial score (nSPS) is 27.0. The van der Waals surface area contributed by atoms with Crippen molar-refractivity contribution in [2.24, 2.45) is 5.92 Å². The van der Waals surface area contributed by atoms with Gasteiger partial charge in [0.25, 0.3) is 0 Å². The first-order chi connectivity index (χ1) is 20.2. The SMILES string of the molecule is CSc1ncnn2c([C@@H]3O[C@H](CN4CCCC45CCN(CCc4ccc(F)cc4)CC5)[C@@H](OC(C)(C)O)[C@H]3C)ccc12. The van der Waals surface area contributed by atoms with E-state index in [-0.39, 0.29) is 35.6 Å². The van der Waals surface area contributed by atoms with Gasteiger partial charge >= 0.3 is 0 Å². The molecule has 6 rings (SSSR count). The largest absolute Gasteiger partial charge is 0.366 e. The van der Waals surface area contributed by atoms with Crippen LogP contribution in [-0.2, 0) is 15.9 Å². The van der Waals surface area contributed by atoms with Crippen LogP contribution >= 0.6 is 11.8 Å². The summed E-state index contributed by atoms with van der Waals surface area (Å²) in [5.74, 6) is -1.41. The Bertz CT molecular complexity index is 1350. The Morgan fingerprint density at radius 3 is 2.60 bits per heavy atom. The number of nitrogens with zero attached hydrogens (tertiary/aromatic N) is 5. The van der Waals surface area contributed by atoms with Gasteiger partial charge in [0.1, 0.15) is 23.3 Å². The van der Waals surface area contributed by atoms with Crippen LogP contribution in [0.3, 0.4) is 0 Å². The van der Waals surface area contributed by atoms with Crippen molar-refractivity contribution in [3.05, 3.63) is 59.8 Å². The minimum absolute atomic E-state index is 0.0269. The van der Waals surface area contributed by atoms with Crippen LogP contribution in [0.2, 0.25) is 0 Å². The Morgan fingerprint density at radius 2 is 1.88 bits per heavy atom. The third-order valence-electron chi connectivity index (χ3n) is 9.60. The fraction of sp³-hybridized carbons (Fsp3) is 0.625. The Balaban J connectivity index is 1.15. The number of rotatable bonds is 9. The molecule has 3 saturated heterocycles. The molecule has 3 aliphatic rings. The number of fused-ring (bicyclic) bond motifs is 1. The van der Waals surface area contributed by atoms with Gasteiger partial charge in [-0.1, -0.05) is 19.1 Å². The van der Waals surface area contributed by atoms with E-state index in [1.54, 1.807) is 44.1 Å². The van der Waals surface area contributed by atoms with Gasteiger partial charge in [-0.15, -0.1) is 11.8 Å². The summed E-state index contributed by atoms with van der Waals surface area (Å²) < 4.78 is 28.4. The monoisotopic (exact) mass is 597 g/mol. The Hall–Kier alpha value is -2.08. The van der Waals surface area contributed by atoms with Crippen molar-refractivity contribution in [2.45, 2.75) is 87.5 Å². The molecule has 0 saturated carbocycles. The fourth-order valence-corrected chi connectivity index (χ4v) is 7.92. The predicted molar refractivity (Wildman–Crippen MR) is 162 cm³/mol. The van der Waals surface area contributed by atoms with Crippen molar-refractivity contribution < 1.29 is 19.0 Å². The molecule has 0 unspecified atom stereocenters. The van der Waals surface area contributed by atoms with Crippen LogP contribution < -0.4 is 0 Å². The van der Waals surface area contributed by atoms with E-state index in [0.29, 0.717) is 0 Å². The first-order valence-electron chi connectivity index (χ1n) is 15.3. The quantitative estimate of drug-likeness (QED) is 0.274. The minimum Gasteiger partial charge on any atom is -0.366 e. The molecule has 1 spiro atoms. The summed E-state index contributed by atoms with van der Waals surface area (Å²) in [4.78, 5) is 9.64. The second-order valence-corrected chi connectivity index (χ2v) is 13.6. The van der Waals surface area contributed by atoms with Crippen molar-refractivity contribution in [2.75, 3.05) is 39.0 Å². The van der Waals surface area contributed by atoms with Gasteiger partial charge in [-0.05, 0) is 102 Å². The molecule has 42 heavy (non-hydrogen) atoms. The topological polar surface area (TPSA) is 75.4 Å². The third-order valence-corrected chi connectivity index (χ3v) is 10.3. The van der Waals surface area contributed by atoms with Crippen molar-refractivity contribution in [3.8, 4) is 0 Å². The lowest BCUT2D eigenvalue weighted by molar-refractivity contribution is -0.222. The number of likely N-dealkylation sites (tertiary alicyclic amines) is 2.